The van der Waals surface area contributed by atoms with Crippen LogP contribution in [-0.2, 0) is 20.9 Å². The van der Waals surface area contributed by atoms with E-state index in [2.05, 4.69) is 112 Å². The number of hydrogen-bond donors (Lipinski definition) is 0. The molecule has 2 aromatic rings. The van der Waals surface area contributed by atoms with Crippen molar-refractivity contribution in [3.05, 3.63) is 64.1 Å². The molecule has 0 saturated heterocycles. The van der Waals surface area contributed by atoms with Gasteiger partial charge in [0.05, 0.1) is 0 Å². The number of benzene rings is 1. The van der Waals surface area contributed by atoms with Crippen LogP contribution in [-0.4, -0.2) is 0 Å². The normalized spacial score (nSPS) is 11.0. The van der Waals surface area contributed by atoms with Gasteiger partial charge in [0.1, 0.15) is 0 Å². The largest absolute Gasteiger partial charge is 0.338 e. The van der Waals surface area contributed by atoms with E-state index < -0.39 is 0 Å². The molecule has 0 fully saturated rings. The third-order valence-electron chi connectivity index (χ3n) is 5.27. The van der Waals surface area contributed by atoms with Gasteiger partial charge in [-0.1, -0.05) is 55.4 Å². The van der Waals surface area contributed by atoms with E-state index in [1.54, 1.807) is 0 Å². The van der Waals surface area contributed by atoms with E-state index in [0.29, 0.717) is 11.8 Å². The summed E-state index contributed by atoms with van der Waals surface area (Å²) in [6.45, 7) is 29.9. The second kappa shape index (κ2) is 12.1. The maximum absolute atomic E-state index is 4.55. The maximum atomic E-state index is 4.55. The van der Waals surface area contributed by atoms with Crippen LogP contribution in [0, 0.1) is 47.0 Å². The van der Waals surface area contributed by atoms with Crippen molar-refractivity contribution in [1.29, 1.82) is 0 Å². The first-order valence-corrected chi connectivity index (χ1v) is 12.3. The van der Waals surface area contributed by atoms with Crippen molar-refractivity contribution < 1.29 is 20.9 Å². The molecule has 164 valence electrons. The topological polar surface area (TPSA) is 12.4 Å². The summed E-state index contributed by atoms with van der Waals surface area (Å²) in [5.74, 6) is 1.14. The summed E-state index contributed by atoms with van der Waals surface area (Å²) in [7, 11) is 0. The molecule has 0 aliphatic rings. The summed E-state index contributed by atoms with van der Waals surface area (Å²) >= 11 is 0.890. The van der Waals surface area contributed by atoms with Gasteiger partial charge in [0.2, 0.25) is 0 Å². The third-order valence-corrected chi connectivity index (χ3v) is 6.07. The van der Waals surface area contributed by atoms with Gasteiger partial charge in [-0.2, -0.15) is 33.2 Å². The van der Waals surface area contributed by atoms with Gasteiger partial charge >= 0.3 is 98.8 Å². The van der Waals surface area contributed by atoms with Crippen molar-refractivity contribution in [2.45, 2.75) is 94.9 Å². The Hall–Kier alpha value is -0.890. The molecule has 0 unspecified atom stereocenters. The molecule has 0 atom stereocenters. The molecule has 29 heavy (non-hydrogen) atoms. The Morgan fingerprint density at radius 1 is 0.862 bits per heavy atom. The Morgan fingerprint density at radius 2 is 1.17 bits per heavy atom. The fraction of sp³-hybridized carbons (Fsp3) is 0.556. The maximum Gasteiger partial charge on any atom is -0.0630 e. The molecule has 0 aliphatic carbocycles. The quantitative estimate of drug-likeness (QED) is 0.331. The predicted molar refractivity (Wildman–Crippen MR) is 129 cm³/mol. The van der Waals surface area contributed by atoms with Gasteiger partial charge in [-0.3, -0.25) is 0 Å². The minimum Gasteiger partial charge on any atom is -0.338 e. The van der Waals surface area contributed by atoms with Gasteiger partial charge in [0, 0.05) is 0 Å². The zero-order valence-corrected chi connectivity index (χ0v) is 24.6. The first-order chi connectivity index (χ1) is 13.1. The van der Waals surface area contributed by atoms with Crippen molar-refractivity contribution in [2.24, 2.45) is 8.75 Å². The molecular weight excluding hydrogens is 519 g/mol. The van der Waals surface area contributed by atoms with E-state index in [4.69, 9.17) is 0 Å². The molecule has 1 nitrogen and oxygen atoms in total. The molecule has 0 radical (unpaired) electrons. The van der Waals surface area contributed by atoms with Crippen LogP contribution in [0.15, 0.2) is 21.5 Å². The number of nitrogens with zero attached hydrogens (tertiary/aromatic N) is 1. The van der Waals surface area contributed by atoms with Gasteiger partial charge in [-0.15, -0.1) is 0 Å². The summed E-state index contributed by atoms with van der Waals surface area (Å²) in [6.07, 6.45) is 0. The zero-order chi connectivity index (χ0) is 23.1. The fourth-order valence-electron chi connectivity index (χ4n) is 3.05. The second-order valence-electron chi connectivity index (χ2n) is 9.89. The first-order valence-electron chi connectivity index (χ1n) is 10.7. The van der Waals surface area contributed by atoms with E-state index in [0.717, 1.165) is 20.9 Å². The average molecular weight is 564 g/mol. The molecule has 2 rings (SSSR count). The molecule has 0 aliphatic heterocycles. The van der Waals surface area contributed by atoms with Crippen LogP contribution in [0.3, 0.4) is 0 Å². The van der Waals surface area contributed by atoms with Crippen molar-refractivity contribution in [1.82, 2.24) is 0 Å². The van der Waals surface area contributed by atoms with Crippen molar-refractivity contribution >= 4 is 5.69 Å². The number of rotatable bonds is 3. The number of hydrogen-bond acceptors (Lipinski definition) is 1. The molecule has 0 N–H and O–H groups in total. The van der Waals surface area contributed by atoms with Crippen molar-refractivity contribution in [2.75, 3.05) is 0 Å². The van der Waals surface area contributed by atoms with Crippen LogP contribution in [0.4, 0.5) is 5.69 Å². The molecular formula is C27H44NTa-2. The first kappa shape index (κ1) is 28.1. The summed E-state index contributed by atoms with van der Waals surface area (Å²) in [4.78, 5) is 0. The van der Waals surface area contributed by atoms with Gasteiger partial charge in [0.15, 0.2) is 0 Å². The Balaban J connectivity index is 0.000000455. The van der Waals surface area contributed by atoms with Crippen LogP contribution in [0.25, 0.3) is 0 Å². The molecule has 2 aromatic carbocycles. The SMILES string of the molecule is CC(C)c1cccc(C(C)C)c1[N]=[TaH].Cc1c(C)c(C)[c-](C)c1C.[CH2-]C(C)(C)C. The molecule has 0 bridgehead atoms. The molecule has 0 aromatic heterocycles. The van der Waals surface area contributed by atoms with Gasteiger partial charge in [-0.25, -0.2) is 0 Å². The van der Waals surface area contributed by atoms with Crippen molar-refractivity contribution in [3.63, 3.8) is 0 Å². The van der Waals surface area contributed by atoms with Crippen LogP contribution < -0.4 is 0 Å². The van der Waals surface area contributed by atoms with Crippen LogP contribution in [0.1, 0.15) is 99.2 Å². The Bertz CT molecular complexity index is 673. The average Bonchev–Trinajstić information content (AvgIpc) is 2.77. The zero-order valence-electron chi connectivity index (χ0n) is 21.0. The monoisotopic (exact) mass is 563 g/mol. The van der Waals surface area contributed by atoms with E-state index in [1.807, 2.05) is 0 Å². The van der Waals surface area contributed by atoms with E-state index in [1.165, 1.54) is 44.6 Å². The minimum absolute atomic E-state index is 0.250. The van der Waals surface area contributed by atoms with Crippen LogP contribution in [0.2, 0.25) is 0 Å². The Kier molecular flexibility index (Phi) is 11.7. The molecule has 0 amide bonds. The molecule has 0 spiro atoms. The van der Waals surface area contributed by atoms with E-state index in [-0.39, 0.29) is 5.41 Å². The smallest absolute Gasteiger partial charge is 0.0630 e. The fourth-order valence-corrected chi connectivity index (χ4v) is 3.97. The van der Waals surface area contributed by atoms with Gasteiger partial charge < -0.3 is 6.92 Å². The predicted octanol–water partition coefficient (Wildman–Crippen LogP) is 8.84. The molecule has 0 saturated carbocycles. The van der Waals surface area contributed by atoms with Crippen LogP contribution in [0.5, 0.6) is 0 Å². The Labute approximate surface area is 193 Å². The standard InChI is InChI=1S/C12H17N.C10H15.C5H11.Ta.H/c1-8(2)10-6-5-7-11(9(3)4)12(10)13;1-6-7(2)9(4)10(5)8(6)3;1-5(2,3)4;;/h5-9H,1-4H3;1-5H3;1H2,2-4H3;;/q;2*-1;;. The van der Waals surface area contributed by atoms with Crippen LogP contribution >= 0.6 is 0 Å². The van der Waals surface area contributed by atoms with E-state index >= 15 is 0 Å². The number of para-hydroxylation sites is 1. The molecule has 0 heterocycles. The van der Waals surface area contributed by atoms with Crippen molar-refractivity contribution in [3.8, 4) is 0 Å². The third kappa shape index (κ3) is 9.20. The summed E-state index contributed by atoms with van der Waals surface area (Å²) in [5, 5.41) is 0. The minimum atomic E-state index is 0.250. The molecule has 2 heteroatoms. The summed E-state index contributed by atoms with van der Waals surface area (Å²) < 4.78 is 4.55. The van der Waals surface area contributed by atoms with Gasteiger partial charge in [0.25, 0.3) is 0 Å². The summed E-state index contributed by atoms with van der Waals surface area (Å²) in [5.41, 5.74) is 11.6. The van der Waals surface area contributed by atoms with E-state index in [9.17, 15) is 0 Å². The van der Waals surface area contributed by atoms with Gasteiger partial charge in [-0.05, 0) is 0 Å². The summed E-state index contributed by atoms with van der Waals surface area (Å²) in [6, 6.07) is 6.56. The Morgan fingerprint density at radius 3 is 1.34 bits per heavy atom. The second-order valence-corrected chi connectivity index (χ2v) is 10.7.